The van der Waals surface area contributed by atoms with E-state index < -0.39 is 6.10 Å². The van der Waals surface area contributed by atoms with Crippen LogP contribution in [-0.4, -0.2) is 16.7 Å². The number of benzene rings is 1. The van der Waals surface area contributed by atoms with Crippen molar-refractivity contribution >= 4 is 11.3 Å². The summed E-state index contributed by atoms with van der Waals surface area (Å²) in [5.41, 5.74) is 1.94. The van der Waals surface area contributed by atoms with E-state index in [9.17, 15) is 5.11 Å². The number of aliphatic hydroxyl groups is 1. The van der Waals surface area contributed by atoms with E-state index in [1.165, 1.54) is 5.56 Å². The number of ether oxygens (including phenoxy) is 1. The number of thiazole rings is 1. The smallest absolute Gasteiger partial charge is 0.123 e. The van der Waals surface area contributed by atoms with Crippen molar-refractivity contribution in [3.05, 3.63) is 45.9 Å². The van der Waals surface area contributed by atoms with Gasteiger partial charge in [0.05, 0.1) is 17.7 Å². The van der Waals surface area contributed by atoms with Gasteiger partial charge in [-0.3, -0.25) is 0 Å². The Labute approximate surface area is 104 Å². The standard InChI is InChI=1S/C13H13NO2S/c1-8(15)11-7-17-13(14-11)10-6-16-12-5-3-2-4-9(10)12/h2-5,7-8,10,15H,6H2,1H3. The van der Waals surface area contributed by atoms with E-state index in [0.717, 1.165) is 16.5 Å². The van der Waals surface area contributed by atoms with Gasteiger partial charge in [0.2, 0.25) is 0 Å². The average molecular weight is 247 g/mol. The molecule has 0 bridgehead atoms. The molecular formula is C13H13NO2S. The molecule has 0 saturated carbocycles. The molecule has 88 valence electrons. The van der Waals surface area contributed by atoms with Crippen molar-refractivity contribution in [2.75, 3.05) is 6.61 Å². The summed E-state index contributed by atoms with van der Waals surface area (Å²) in [6.45, 7) is 2.38. The highest BCUT2D eigenvalue weighted by atomic mass is 32.1. The predicted octanol–water partition coefficient (Wildman–Crippen LogP) is 2.72. The Bertz CT molecular complexity index is 536. The second-order valence-electron chi connectivity index (χ2n) is 4.19. The lowest BCUT2D eigenvalue weighted by Gasteiger charge is -2.04. The molecule has 0 fully saturated rings. The molecule has 2 atom stereocenters. The Morgan fingerprint density at radius 2 is 2.29 bits per heavy atom. The Morgan fingerprint density at radius 3 is 3.06 bits per heavy atom. The summed E-state index contributed by atoms with van der Waals surface area (Å²) in [5.74, 6) is 1.16. The van der Waals surface area contributed by atoms with E-state index in [1.54, 1.807) is 18.3 Å². The lowest BCUT2D eigenvalue weighted by molar-refractivity contribution is 0.195. The van der Waals surface area contributed by atoms with Gasteiger partial charge in [0.15, 0.2) is 0 Å². The lowest BCUT2D eigenvalue weighted by atomic mass is 10.0. The summed E-state index contributed by atoms with van der Waals surface area (Å²) < 4.78 is 5.64. The van der Waals surface area contributed by atoms with Crippen LogP contribution >= 0.6 is 11.3 Å². The van der Waals surface area contributed by atoms with Crippen LogP contribution in [0.4, 0.5) is 0 Å². The molecule has 0 radical (unpaired) electrons. The molecule has 2 unspecified atom stereocenters. The summed E-state index contributed by atoms with van der Waals surface area (Å²) in [4.78, 5) is 4.48. The van der Waals surface area contributed by atoms with E-state index in [2.05, 4.69) is 11.1 Å². The zero-order valence-electron chi connectivity index (χ0n) is 9.46. The van der Waals surface area contributed by atoms with Gasteiger partial charge in [-0.05, 0) is 13.0 Å². The highest BCUT2D eigenvalue weighted by Gasteiger charge is 2.27. The van der Waals surface area contributed by atoms with Gasteiger partial charge in [-0.2, -0.15) is 0 Å². The SMILES string of the molecule is CC(O)c1csc(C2COc3ccccc32)n1. The molecule has 1 N–H and O–H groups in total. The van der Waals surface area contributed by atoms with Crippen LogP contribution in [0.25, 0.3) is 0 Å². The Hall–Kier alpha value is -1.39. The third-order valence-corrected chi connectivity index (χ3v) is 3.94. The van der Waals surface area contributed by atoms with Crippen LogP contribution in [0.5, 0.6) is 5.75 Å². The Kier molecular flexibility index (Phi) is 2.61. The number of hydrogen-bond acceptors (Lipinski definition) is 4. The van der Waals surface area contributed by atoms with E-state index in [-0.39, 0.29) is 5.92 Å². The highest BCUT2D eigenvalue weighted by Crippen LogP contribution is 2.39. The molecule has 1 aromatic carbocycles. The van der Waals surface area contributed by atoms with Crippen LogP contribution in [0.15, 0.2) is 29.6 Å². The van der Waals surface area contributed by atoms with Crippen molar-refractivity contribution < 1.29 is 9.84 Å². The fourth-order valence-corrected chi connectivity index (χ4v) is 3.03. The molecular weight excluding hydrogens is 234 g/mol. The van der Waals surface area contributed by atoms with E-state index in [4.69, 9.17) is 4.74 Å². The summed E-state index contributed by atoms with van der Waals surface area (Å²) in [7, 11) is 0. The van der Waals surface area contributed by atoms with Gasteiger partial charge in [-0.1, -0.05) is 18.2 Å². The van der Waals surface area contributed by atoms with Gasteiger partial charge in [0.1, 0.15) is 17.4 Å². The molecule has 0 aliphatic carbocycles. The largest absolute Gasteiger partial charge is 0.492 e. The van der Waals surface area contributed by atoms with Gasteiger partial charge in [-0.25, -0.2) is 4.98 Å². The molecule has 2 heterocycles. The Balaban J connectivity index is 1.95. The molecule has 3 nitrogen and oxygen atoms in total. The van der Waals surface area contributed by atoms with Crippen molar-refractivity contribution in [1.29, 1.82) is 0 Å². The van der Waals surface area contributed by atoms with Crippen LogP contribution in [0.2, 0.25) is 0 Å². The number of fused-ring (bicyclic) bond motifs is 1. The maximum atomic E-state index is 9.49. The number of hydrogen-bond donors (Lipinski definition) is 1. The molecule has 1 aliphatic rings. The molecule has 2 aromatic rings. The Morgan fingerprint density at radius 1 is 1.47 bits per heavy atom. The minimum atomic E-state index is -0.502. The van der Waals surface area contributed by atoms with Gasteiger partial charge >= 0.3 is 0 Å². The maximum Gasteiger partial charge on any atom is 0.123 e. The minimum Gasteiger partial charge on any atom is -0.492 e. The highest BCUT2D eigenvalue weighted by molar-refractivity contribution is 7.09. The third-order valence-electron chi connectivity index (χ3n) is 2.97. The van der Waals surface area contributed by atoms with Gasteiger partial charge in [-0.15, -0.1) is 11.3 Å². The number of para-hydroxylation sites is 1. The van der Waals surface area contributed by atoms with Gasteiger partial charge in [0, 0.05) is 10.9 Å². The van der Waals surface area contributed by atoms with Crippen molar-refractivity contribution in [3.63, 3.8) is 0 Å². The molecule has 17 heavy (non-hydrogen) atoms. The fraction of sp³-hybridized carbons (Fsp3) is 0.308. The maximum absolute atomic E-state index is 9.49. The zero-order chi connectivity index (χ0) is 11.8. The van der Waals surface area contributed by atoms with Crippen LogP contribution in [0.3, 0.4) is 0 Å². The van der Waals surface area contributed by atoms with Crippen molar-refractivity contribution in [3.8, 4) is 5.75 Å². The second kappa shape index (κ2) is 4.13. The van der Waals surface area contributed by atoms with Crippen molar-refractivity contribution in [2.45, 2.75) is 18.9 Å². The summed E-state index contributed by atoms with van der Waals surface area (Å²) >= 11 is 1.59. The molecule has 3 rings (SSSR count). The van der Waals surface area contributed by atoms with E-state index in [1.807, 2.05) is 23.6 Å². The van der Waals surface area contributed by atoms with Gasteiger partial charge < -0.3 is 9.84 Å². The average Bonchev–Trinajstić information content (AvgIpc) is 2.95. The topological polar surface area (TPSA) is 42.4 Å². The predicted molar refractivity (Wildman–Crippen MR) is 66.5 cm³/mol. The number of aromatic nitrogens is 1. The van der Waals surface area contributed by atoms with E-state index >= 15 is 0 Å². The fourth-order valence-electron chi connectivity index (χ4n) is 2.02. The first-order valence-electron chi connectivity index (χ1n) is 5.61. The van der Waals surface area contributed by atoms with Crippen LogP contribution in [0, 0.1) is 0 Å². The zero-order valence-corrected chi connectivity index (χ0v) is 10.3. The van der Waals surface area contributed by atoms with Gasteiger partial charge in [0.25, 0.3) is 0 Å². The molecule has 1 aromatic heterocycles. The van der Waals surface area contributed by atoms with Crippen LogP contribution in [0.1, 0.15) is 35.2 Å². The monoisotopic (exact) mass is 247 g/mol. The summed E-state index contributed by atoms with van der Waals surface area (Å²) in [6.07, 6.45) is -0.502. The molecule has 0 saturated heterocycles. The third kappa shape index (κ3) is 1.83. The second-order valence-corrected chi connectivity index (χ2v) is 5.08. The number of nitrogens with zero attached hydrogens (tertiary/aromatic N) is 1. The van der Waals surface area contributed by atoms with Crippen LogP contribution < -0.4 is 4.74 Å². The van der Waals surface area contributed by atoms with E-state index in [0.29, 0.717) is 6.61 Å². The van der Waals surface area contributed by atoms with Crippen molar-refractivity contribution in [1.82, 2.24) is 4.98 Å². The lowest BCUT2D eigenvalue weighted by Crippen LogP contribution is -2.02. The minimum absolute atomic E-state index is 0.212. The first-order valence-corrected chi connectivity index (χ1v) is 6.49. The van der Waals surface area contributed by atoms with Crippen LogP contribution in [-0.2, 0) is 0 Å². The molecule has 1 aliphatic heterocycles. The first kappa shape index (κ1) is 10.7. The summed E-state index contributed by atoms with van der Waals surface area (Å²) in [5, 5.41) is 12.4. The molecule has 4 heteroatoms. The molecule has 0 amide bonds. The quantitative estimate of drug-likeness (QED) is 0.887. The number of rotatable bonds is 2. The number of aliphatic hydroxyl groups excluding tert-OH is 1. The molecule has 0 spiro atoms. The van der Waals surface area contributed by atoms with Crippen molar-refractivity contribution in [2.24, 2.45) is 0 Å². The normalized spacial score (nSPS) is 19.8. The first-order chi connectivity index (χ1) is 8.25. The summed E-state index contributed by atoms with van der Waals surface area (Å²) in [6, 6.07) is 8.06.